The van der Waals surface area contributed by atoms with Crippen LogP contribution in [0.5, 0.6) is 11.5 Å². The molecule has 0 aliphatic carbocycles. The lowest BCUT2D eigenvalue weighted by Crippen LogP contribution is -2.42. The van der Waals surface area contributed by atoms with Gasteiger partial charge in [0.25, 0.3) is 10.0 Å². The van der Waals surface area contributed by atoms with E-state index in [-0.39, 0.29) is 24.7 Å². The van der Waals surface area contributed by atoms with Crippen LogP contribution in [0.3, 0.4) is 0 Å². The second-order valence-corrected chi connectivity index (χ2v) is 9.88. The molecular formula is C23H22Cl2N2O5S. The summed E-state index contributed by atoms with van der Waals surface area (Å²) in [4.78, 5) is 5.99. The number of fused-ring (bicyclic) bond motifs is 1. The van der Waals surface area contributed by atoms with Crippen LogP contribution < -0.4 is 13.9 Å². The SMILES string of the molecule is COc1ccc2c(c1)CN(OCCOc1c(Cl)cccc1Cl)N2S(=O)(=O)c1ccc(C)cc1. The first-order valence-electron chi connectivity index (χ1n) is 10.1. The summed E-state index contributed by atoms with van der Waals surface area (Å²) in [5.74, 6) is 0.975. The number of methoxy groups -OCH3 is 1. The van der Waals surface area contributed by atoms with Gasteiger partial charge in [-0.2, -0.15) is 12.8 Å². The van der Waals surface area contributed by atoms with Gasteiger partial charge in [-0.3, -0.25) is 4.84 Å². The number of nitrogens with zero attached hydrogens (tertiary/aromatic N) is 2. The largest absolute Gasteiger partial charge is 0.497 e. The number of hydrazine groups is 1. The maximum Gasteiger partial charge on any atom is 0.279 e. The van der Waals surface area contributed by atoms with E-state index in [0.29, 0.717) is 27.2 Å². The Bertz CT molecular complexity index is 1230. The van der Waals surface area contributed by atoms with Crippen molar-refractivity contribution in [2.24, 2.45) is 0 Å². The number of aryl methyl sites for hydroxylation is 1. The Morgan fingerprint density at radius 1 is 0.970 bits per heavy atom. The van der Waals surface area contributed by atoms with Crippen LogP contribution in [-0.2, 0) is 21.4 Å². The highest BCUT2D eigenvalue weighted by Gasteiger charge is 2.38. The van der Waals surface area contributed by atoms with Crippen molar-refractivity contribution in [3.8, 4) is 11.5 Å². The third kappa shape index (κ3) is 4.90. The molecule has 0 bridgehead atoms. The molecule has 0 N–H and O–H groups in total. The van der Waals surface area contributed by atoms with Crippen LogP contribution in [0, 0.1) is 6.92 Å². The molecule has 0 saturated heterocycles. The Morgan fingerprint density at radius 2 is 1.67 bits per heavy atom. The number of sulfonamides is 1. The summed E-state index contributed by atoms with van der Waals surface area (Å²) in [5.41, 5.74) is 2.20. The topological polar surface area (TPSA) is 68.3 Å². The molecule has 33 heavy (non-hydrogen) atoms. The number of rotatable bonds is 8. The molecule has 3 aromatic rings. The van der Waals surface area contributed by atoms with Crippen molar-refractivity contribution in [2.75, 3.05) is 24.7 Å². The van der Waals surface area contributed by atoms with Crippen molar-refractivity contribution in [3.05, 3.63) is 81.8 Å². The predicted molar refractivity (Wildman–Crippen MR) is 127 cm³/mol. The molecule has 0 spiro atoms. The molecule has 0 unspecified atom stereocenters. The average Bonchev–Trinajstić information content (AvgIpc) is 3.16. The number of halogens is 2. The number of ether oxygens (including phenoxy) is 2. The first-order chi connectivity index (χ1) is 15.8. The summed E-state index contributed by atoms with van der Waals surface area (Å²) in [5, 5.41) is 2.06. The van der Waals surface area contributed by atoms with E-state index < -0.39 is 10.0 Å². The summed E-state index contributed by atoms with van der Waals surface area (Å²) < 4.78 is 39.2. The summed E-state index contributed by atoms with van der Waals surface area (Å²) in [7, 11) is -2.37. The molecule has 174 valence electrons. The highest BCUT2D eigenvalue weighted by atomic mass is 35.5. The van der Waals surface area contributed by atoms with Gasteiger partial charge in [-0.05, 0) is 49.4 Å². The quantitative estimate of drug-likeness (QED) is 0.387. The molecule has 0 fully saturated rings. The zero-order valence-electron chi connectivity index (χ0n) is 18.0. The van der Waals surface area contributed by atoms with Gasteiger partial charge in [0.1, 0.15) is 19.0 Å². The number of anilines is 1. The molecule has 0 aromatic heterocycles. The monoisotopic (exact) mass is 508 g/mol. The summed E-state index contributed by atoms with van der Waals surface area (Å²) in [6.07, 6.45) is 0. The first-order valence-corrected chi connectivity index (χ1v) is 12.3. The summed E-state index contributed by atoms with van der Waals surface area (Å²) in [6, 6.07) is 16.9. The van der Waals surface area contributed by atoms with Gasteiger partial charge < -0.3 is 9.47 Å². The average molecular weight is 509 g/mol. The molecule has 7 nitrogen and oxygen atoms in total. The minimum atomic E-state index is -3.93. The molecule has 1 aliphatic heterocycles. The van der Waals surface area contributed by atoms with E-state index in [1.165, 1.54) is 5.17 Å². The van der Waals surface area contributed by atoms with Gasteiger partial charge in [-0.25, -0.2) is 0 Å². The van der Waals surface area contributed by atoms with E-state index in [0.717, 1.165) is 15.5 Å². The Kier molecular flexibility index (Phi) is 7.02. The lowest BCUT2D eigenvalue weighted by atomic mass is 10.2. The fourth-order valence-electron chi connectivity index (χ4n) is 3.40. The number of benzene rings is 3. The highest BCUT2D eigenvalue weighted by molar-refractivity contribution is 7.92. The molecule has 3 aromatic carbocycles. The van der Waals surface area contributed by atoms with Gasteiger partial charge in [0.15, 0.2) is 5.75 Å². The van der Waals surface area contributed by atoms with Crippen molar-refractivity contribution >= 4 is 38.9 Å². The Balaban J connectivity index is 1.56. The molecule has 0 atom stereocenters. The molecule has 4 rings (SSSR count). The molecule has 0 saturated carbocycles. The van der Waals surface area contributed by atoms with Crippen molar-refractivity contribution in [1.29, 1.82) is 0 Å². The fraction of sp³-hybridized carbons (Fsp3) is 0.217. The molecule has 0 radical (unpaired) electrons. The van der Waals surface area contributed by atoms with Crippen LogP contribution in [0.2, 0.25) is 10.0 Å². The third-order valence-electron chi connectivity index (χ3n) is 5.04. The van der Waals surface area contributed by atoms with Crippen molar-refractivity contribution < 1.29 is 22.7 Å². The van der Waals surface area contributed by atoms with Crippen LogP contribution in [-0.4, -0.2) is 33.9 Å². The van der Waals surface area contributed by atoms with Crippen LogP contribution in [0.25, 0.3) is 0 Å². The van der Waals surface area contributed by atoms with Crippen LogP contribution in [0.4, 0.5) is 5.69 Å². The predicted octanol–water partition coefficient (Wildman–Crippen LogP) is 5.25. The second-order valence-electron chi connectivity index (χ2n) is 7.30. The zero-order valence-corrected chi connectivity index (χ0v) is 20.3. The Labute approximate surface area is 203 Å². The number of hydrogen-bond donors (Lipinski definition) is 0. The van der Waals surface area contributed by atoms with Crippen molar-refractivity contribution in [2.45, 2.75) is 18.4 Å². The molecule has 1 heterocycles. The van der Waals surface area contributed by atoms with Gasteiger partial charge in [-0.15, -0.1) is 0 Å². The van der Waals surface area contributed by atoms with Crippen LogP contribution >= 0.6 is 23.2 Å². The maximum atomic E-state index is 13.5. The van der Waals surface area contributed by atoms with Crippen molar-refractivity contribution in [3.63, 3.8) is 0 Å². The Hall–Kier alpha value is -2.49. The maximum absolute atomic E-state index is 13.5. The van der Waals surface area contributed by atoms with E-state index in [1.54, 1.807) is 67.8 Å². The number of hydroxylamine groups is 1. The van der Waals surface area contributed by atoms with Crippen molar-refractivity contribution in [1.82, 2.24) is 5.17 Å². The van der Waals surface area contributed by atoms with Gasteiger partial charge in [0.2, 0.25) is 0 Å². The van der Waals surface area contributed by atoms with Gasteiger partial charge in [0, 0.05) is 5.56 Å². The fourth-order valence-corrected chi connectivity index (χ4v) is 5.36. The van der Waals surface area contributed by atoms with E-state index >= 15 is 0 Å². The number of para-hydroxylation sites is 1. The van der Waals surface area contributed by atoms with E-state index in [4.69, 9.17) is 37.5 Å². The van der Waals surface area contributed by atoms with Gasteiger partial charge in [-0.1, -0.05) is 52.1 Å². The number of hydrogen-bond acceptors (Lipinski definition) is 6. The van der Waals surface area contributed by atoms with E-state index in [9.17, 15) is 8.42 Å². The van der Waals surface area contributed by atoms with Gasteiger partial charge >= 0.3 is 0 Å². The highest BCUT2D eigenvalue weighted by Crippen LogP contribution is 2.38. The van der Waals surface area contributed by atoms with E-state index in [2.05, 4.69) is 0 Å². The normalized spacial score (nSPS) is 13.8. The standard InChI is InChI=1S/C23H22Cl2N2O5S/c1-16-6-9-19(10-7-16)33(28,29)27-22-11-8-18(30-2)14-17(22)15-26(27)32-13-12-31-23-20(24)4-3-5-21(23)25/h3-11,14H,12-13,15H2,1-2H3. The van der Waals surface area contributed by atoms with Gasteiger partial charge in [0.05, 0.1) is 34.3 Å². The minimum Gasteiger partial charge on any atom is -0.497 e. The van der Waals surface area contributed by atoms with E-state index in [1.807, 2.05) is 6.92 Å². The third-order valence-corrected chi connectivity index (χ3v) is 7.33. The lowest BCUT2D eigenvalue weighted by Gasteiger charge is -2.28. The molecule has 10 heteroatoms. The minimum absolute atomic E-state index is 0.0621. The zero-order chi connectivity index (χ0) is 23.6. The molecule has 1 aliphatic rings. The summed E-state index contributed by atoms with van der Waals surface area (Å²) in [6.45, 7) is 2.28. The summed E-state index contributed by atoms with van der Waals surface area (Å²) >= 11 is 12.3. The molecular weight excluding hydrogens is 487 g/mol. The molecule has 0 amide bonds. The second kappa shape index (κ2) is 9.79. The first kappa shape index (κ1) is 23.7. The smallest absolute Gasteiger partial charge is 0.279 e. The van der Waals surface area contributed by atoms with Crippen LogP contribution in [0.15, 0.2) is 65.6 Å². The Morgan fingerprint density at radius 3 is 2.33 bits per heavy atom. The van der Waals surface area contributed by atoms with Crippen LogP contribution in [0.1, 0.15) is 11.1 Å². The lowest BCUT2D eigenvalue weighted by molar-refractivity contribution is -0.161.